The van der Waals surface area contributed by atoms with Crippen molar-refractivity contribution in [3.8, 4) is 0 Å². The maximum Gasteiger partial charge on any atom is 0.134 e. The van der Waals surface area contributed by atoms with Crippen LogP contribution in [0.3, 0.4) is 0 Å². The fraction of sp³-hybridized carbons (Fsp3) is 0.0667. The lowest BCUT2D eigenvalue weighted by Crippen LogP contribution is -1.77. The maximum atomic E-state index is 5.52. The van der Waals surface area contributed by atoms with E-state index in [0.29, 0.717) is 0 Å². The third-order valence-electron chi connectivity index (χ3n) is 2.70. The largest absolute Gasteiger partial charge is 0.464 e. The van der Waals surface area contributed by atoms with Crippen LogP contribution in [0.25, 0.3) is 11.0 Å². The Hall–Kier alpha value is -1.67. The molecule has 1 nitrogen and oxygen atoms in total. The van der Waals surface area contributed by atoms with Crippen molar-refractivity contribution in [3.63, 3.8) is 0 Å². The number of hydrogen-bond donors (Lipinski definition) is 0. The monoisotopic (exact) mass is 240 g/mol. The fourth-order valence-corrected chi connectivity index (χ4v) is 2.72. The summed E-state index contributed by atoms with van der Waals surface area (Å²) < 4.78 is 5.52. The molecule has 17 heavy (non-hydrogen) atoms. The molecular weight excluding hydrogens is 228 g/mol. The molecule has 3 aromatic rings. The molecule has 0 unspecified atom stereocenters. The van der Waals surface area contributed by atoms with Crippen molar-refractivity contribution < 1.29 is 4.42 Å². The van der Waals surface area contributed by atoms with Gasteiger partial charge in [0, 0.05) is 21.6 Å². The van der Waals surface area contributed by atoms with Gasteiger partial charge in [-0.15, -0.1) is 11.8 Å². The summed E-state index contributed by atoms with van der Waals surface area (Å²) in [5, 5.41) is 1.22. The van der Waals surface area contributed by atoms with E-state index in [4.69, 9.17) is 4.42 Å². The number of fused-ring (bicyclic) bond motifs is 1. The average molecular weight is 240 g/mol. The Bertz CT molecular complexity index is 613. The molecule has 0 fully saturated rings. The lowest BCUT2D eigenvalue weighted by Gasteiger charge is -1.99. The second kappa shape index (κ2) is 4.68. The van der Waals surface area contributed by atoms with Crippen molar-refractivity contribution in [3.05, 3.63) is 66.4 Å². The van der Waals surface area contributed by atoms with Gasteiger partial charge in [-0.25, -0.2) is 0 Å². The first-order valence-corrected chi connectivity index (χ1v) is 6.55. The van der Waals surface area contributed by atoms with Crippen molar-refractivity contribution in [2.75, 3.05) is 0 Å². The summed E-state index contributed by atoms with van der Waals surface area (Å²) in [4.78, 5) is 1.29. The second-order valence-electron chi connectivity index (χ2n) is 3.86. The third-order valence-corrected chi connectivity index (χ3v) is 3.76. The summed E-state index contributed by atoms with van der Waals surface area (Å²) in [6, 6.07) is 18.6. The van der Waals surface area contributed by atoms with Gasteiger partial charge in [0.1, 0.15) is 5.58 Å². The van der Waals surface area contributed by atoms with E-state index in [2.05, 4.69) is 36.4 Å². The standard InChI is InChI=1S/C15H12OS/c1-2-6-13(7-3-1)17-11-12-10-16-15-9-5-4-8-14(12)15/h1-10H,11H2. The van der Waals surface area contributed by atoms with Crippen LogP contribution in [0.4, 0.5) is 0 Å². The quantitative estimate of drug-likeness (QED) is 0.614. The van der Waals surface area contributed by atoms with Crippen LogP contribution in [0.5, 0.6) is 0 Å². The zero-order valence-electron chi connectivity index (χ0n) is 9.30. The molecule has 0 bridgehead atoms. The molecule has 84 valence electrons. The van der Waals surface area contributed by atoms with Gasteiger partial charge in [-0.1, -0.05) is 36.4 Å². The first-order chi connectivity index (χ1) is 8.43. The van der Waals surface area contributed by atoms with Gasteiger partial charge in [0.2, 0.25) is 0 Å². The van der Waals surface area contributed by atoms with Crippen molar-refractivity contribution in [1.29, 1.82) is 0 Å². The minimum absolute atomic E-state index is 0.945. The molecule has 0 N–H and O–H groups in total. The molecule has 0 aliphatic carbocycles. The van der Waals surface area contributed by atoms with Crippen LogP contribution >= 0.6 is 11.8 Å². The highest BCUT2D eigenvalue weighted by Gasteiger charge is 2.04. The number of benzene rings is 2. The summed E-state index contributed by atoms with van der Waals surface area (Å²) in [7, 11) is 0. The van der Waals surface area contributed by atoms with Gasteiger partial charge < -0.3 is 4.42 Å². The SMILES string of the molecule is c1ccc(SCc2coc3ccccc23)cc1. The van der Waals surface area contributed by atoms with Gasteiger partial charge in [-0.05, 0) is 18.2 Å². The van der Waals surface area contributed by atoms with Crippen molar-refractivity contribution in [2.24, 2.45) is 0 Å². The first-order valence-electron chi connectivity index (χ1n) is 5.56. The van der Waals surface area contributed by atoms with E-state index in [1.807, 2.05) is 36.2 Å². The van der Waals surface area contributed by atoms with Crippen molar-refractivity contribution in [2.45, 2.75) is 10.6 Å². The van der Waals surface area contributed by atoms with Gasteiger partial charge in [-0.3, -0.25) is 0 Å². The number of rotatable bonds is 3. The minimum Gasteiger partial charge on any atom is -0.464 e. The topological polar surface area (TPSA) is 13.1 Å². The molecular formula is C15H12OS. The fourth-order valence-electron chi connectivity index (χ4n) is 1.82. The average Bonchev–Trinajstić information content (AvgIpc) is 2.81. The van der Waals surface area contributed by atoms with E-state index in [9.17, 15) is 0 Å². The number of furan rings is 1. The predicted molar refractivity (Wildman–Crippen MR) is 72.2 cm³/mol. The van der Waals surface area contributed by atoms with Gasteiger partial charge in [-0.2, -0.15) is 0 Å². The molecule has 0 aliphatic heterocycles. The molecule has 2 aromatic carbocycles. The van der Waals surface area contributed by atoms with Crippen LogP contribution in [-0.2, 0) is 5.75 Å². The van der Waals surface area contributed by atoms with Crippen LogP contribution in [0.15, 0.2) is 70.2 Å². The van der Waals surface area contributed by atoms with Crippen LogP contribution in [-0.4, -0.2) is 0 Å². The lowest BCUT2D eigenvalue weighted by atomic mass is 10.2. The maximum absolute atomic E-state index is 5.52. The lowest BCUT2D eigenvalue weighted by molar-refractivity contribution is 0.612. The number of thioether (sulfide) groups is 1. The zero-order valence-corrected chi connectivity index (χ0v) is 10.1. The Morgan fingerprint density at radius 3 is 2.53 bits per heavy atom. The highest BCUT2D eigenvalue weighted by atomic mass is 32.2. The van der Waals surface area contributed by atoms with Gasteiger partial charge in [0.25, 0.3) is 0 Å². The van der Waals surface area contributed by atoms with Gasteiger partial charge >= 0.3 is 0 Å². The summed E-state index contributed by atoms with van der Waals surface area (Å²) in [6.45, 7) is 0. The Morgan fingerprint density at radius 2 is 1.65 bits per heavy atom. The van der Waals surface area contributed by atoms with Crippen LogP contribution in [0.2, 0.25) is 0 Å². The zero-order chi connectivity index (χ0) is 11.5. The Morgan fingerprint density at radius 1 is 0.882 bits per heavy atom. The molecule has 0 radical (unpaired) electrons. The molecule has 0 saturated heterocycles. The molecule has 3 rings (SSSR count). The van der Waals surface area contributed by atoms with E-state index in [0.717, 1.165) is 11.3 Å². The van der Waals surface area contributed by atoms with Crippen LogP contribution in [0, 0.1) is 0 Å². The second-order valence-corrected chi connectivity index (χ2v) is 4.91. The Balaban J connectivity index is 1.82. The van der Waals surface area contributed by atoms with E-state index in [1.165, 1.54) is 15.8 Å². The summed E-state index contributed by atoms with van der Waals surface area (Å²) >= 11 is 1.83. The molecule has 0 amide bonds. The summed E-state index contributed by atoms with van der Waals surface area (Å²) in [6.07, 6.45) is 1.86. The first kappa shape index (κ1) is 10.5. The van der Waals surface area contributed by atoms with Gasteiger partial charge in [0.15, 0.2) is 0 Å². The Labute approximate surface area is 104 Å². The van der Waals surface area contributed by atoms with E-state index in [-0.39, 0.29) is 0 Å². The van der Waals surface area contributed by atoms with E-state index < -0.39 is 0 Å². The third kappa shape index (κ3) is 2.22. The smallest absolute Gasteiger partial charge is 0.134 e. The molecule has 0 spiro atoms. The van der Waals surface area contributed by atoms with Crippen molar-refractivity contribution >= 4 is 22.7 Å². The molecule has 2 heteroatoms. The van der Waals surface area contributed by atoms with E-state index >= 15 is 0 Å². The number of para-hydroxylation sites is 1. The van der Waals surface area contributed by atoms with E-state index in [1.54, 1.807) is 0 Å². The number of hydrogen-bond acceptors (Lipinski definition) is 2. The molecule has 1 aromatic heterocycles. The molecule has 1 heterocycles. The molecule has 0 aliphatic rings. The van der Waals surface area contributed by atoms with Crippen molar-refractivity contribution in [1.82, 2.24) is 0 Å². The normalized spacial score (nSPS) is 10.8. The highest BCUT2D eigenvalue weighted by molar-refractivity contribution is 7.98. The van der Waals surface area contributed by atoms with Crippen LogP contribution in [0.1, 0.15) is 5.56 Å². The van der Waals surface area contributed by atoms with Gasteiger partial charge in [0.05, 0.1) is 6.26 Å². The summed E-state index contributed by atoms with van der Waals surface area (Å²) in [5.74, 6) is 0.945. The predicted octanol–water partition coefficient (Wildman–Crippen LogP) is 4.73. The van der Waals surface area contributed by atoms with Crippen LogP contribution < -0.4 is 0 Å². The minimum atomic E-state index is 0.945. The highest BCUT2D eigenvalue weighted by Crippen LogP contribution is 2.28. The summed E-state index contributed by atoms with van der Waals surface area (Å²) in [5.41, 5.74) is 2.23. The Kier molecular flexibility index (Phi) is 2.88. The molecule has 0 saturated carbocycles. The molecule has 0 atom stereocenters.